The SMILES string of the molecule is Cc1cn2cc(C3=CCc4nc(-c5ccc6ncccc6c5)ncc43)cc(F)c2n1. The fraction of sp³-hybridized carbons (Fsp3) is 0.0833. The van der Waals surface area contributed by atoms with Crippen LogP contribution in [-0.2, 0) is 6.42 Å². The summed E-state index contributed by atoms with van der Waals surface area (Å²) in [6.07, 6.45) is 10.1. The Labute approximate surface area is 171 Å². The maximum Gasteiger partial charge on any atom is 0.173 e. The molecule has 4 aromatic heterocycles. The van der Waals surface area contributed by atoms with Gasteiger partial charge in [-0.3, -0.25) is 4.98 Å². The minimum atomic E-state index is -0.336. The van der Waals surface area contributed by atoms with Crippen molar-refractivity contribution in [2.45, 2.75) is 13.3 Å². The highest BCUT2D eigenvalue weighted by molar-refractivity contribution is 5.85. The molecule has 1 aromatic carbocycles. The van der Waals surface area contributed by atoms with Gasteiger partial charge in [-0.2, -0.15) is 0 Å². The van der Waals surface area contributed by atoms with E-state index in [0.717, 1.165) is 44.6 Å². The lowest BCUT2D eigenvalue weighted by atomic mass is 10.0. The summed E-state index contributed by atoms with van der Waals surface area (Å²) in [7, 11) is 0. The highest BCUT2D eigenvalue weighted by Gasteiger charge is 2.20. The van der Waals surface area contributed by atoms with Gasteiger partial charge in [0.2, 0.25) is 0 Å². The van der Waals surface area contributed by atoms with Gasteiger partial charge in [-0.15, -0.1) is 0 Å². The molecule has 0 N–H and O–H groups in total. The number of hydrogen-bond acceptors (Lipinski definition) is 4. The molecule has 144 valence electrons. The molecule has 0 saturated heterocycles. The van der Waals surface area contributed by atoms with Crippen molar-refractivity contribution in [1.82, 2.24) is 24.3 Å². The monoisotopic (exact) mass is 393 g/mol. The van der Waals surface area contributed by atoms with Crippen LogP contribution in [0.5, 0.6) is 0 Å². The molecule has 0 atom stereocenters. The lowest BCUT2D eigenvalue weighted by molar-refractivity contribution is 0.629. The number of pyridine rings is 2. The number of imidazole rings is 1. The lowest BCUT2D eigenvalue weighted by Gasteiger charge is -2.09. The Morgan fingerprint density at radius 1 is 1.00 bits per heavy atom. The predicted molar refractivity (Wildman–Crippen MR) is 113 cm³/mol. The van der Waals surface area contributed by atoms with Gasteiger partial charge in [0.05, 0.1) is 16.9 Å². The summed E-state index contributed by atoms with van der Waals surface area (Å²) in [5, 5.41) is 1.05. The molecule has 0 spiro atoms. The third-order valence-electron chi connectivity index (χ3n) is 5.46. The van der Waals surface area contributed by atoms with Crippen LogP contribution in [-0.4, -0.2) is 24.3 Å². The lowest BCUT2D eigenvalue weighted by Crippen LogP contribution is -1.98. The number of nitrogens with zero attached hydrogens (tertiary/aromatic N) is 5. The van der Waals surface area contributed by atoms with Crippen molar-refractivity contribution in [3.05, 3.63) is 95.6 Å². The van der Waals surface area contributed by atoms with Gasteiger partial charge in [-0.05, 0) is 42.8 Å². The molecule has 6 rings (SSSR count). The molecule has 30 heavy (non-hydrogen) atoms. The van der Waals surface area contributed by atoms with E-state index in [2.05, 4.69) is 27.1 Å². The Morgan fingerprint density at radius 3 is 2.87 bits per heavy atom. The van der Waals surface area contributed by atoms with Crippen molar-refractivity contribution in [1.29, 1.82) is 0 Å². The second-order valence-corrected chi connectivity index (χ2v) is 7.48. The number of benzene rings is 1. The van der Waals surface area contributed by atoms with Gasteiger partial charge in [0.15, 0.2) is 17.3 Å². The fourth-order valence-corrected chi connectivity index (χ4v) is 4.06. The zero-order valence-electron chi connectivity index (χ0n) is 16.2. The van der Waals surface area contributed by atoms with Crippen LogP contribution in [0.1, 0.15) is 22.5 Å². The molecule has 0 aliphatic heterocycles. The highest BCUT2D eigenvalue weighted by Crippen LogP contribution is 2.33. The van der Waals surface area contributed by atoms with E-state index in [4.69, 9.17) is 4.98 Å². The largest absolute Gasteiger partial charge is 0.304 e. The maximum atomic E-state index is 14.6. The second-order valence-electron chi connectivity index (χ2n) is 7.48. The van der Waals surface area contributed by atoms with Crippen LogP contribution in [0.15, 0.2) is 67.3 Å². The number of allylic oxidation sites excluding steroid dienone is 1. The molecular weight excluding hydrogens is 377 g/mol. The molecule has 0 fully saturated rings. The van der Waals surface area contributed by atoms with Crippen LogP contribution in [0.4, 0.5) is 4.39 Å². The van der Waals surface area contributed by atoms with Gasteiger partial charge in [0.25, 0.3) is 0 Å². The molecule has 4 heterocycles. The van der Waals surface area contributed by atoms with Crippen molar-refractivity contribution in [2.75, 3.05) is 0 Å². The number of fused-ring (bicyclic) bond motifs is 3. The maximum absolute atomic E-state index is 14.6. The van der Waals surface area contributed by atoms with E-state index in [1.165, 1.54) is 6.07 Å². The predicted octanol–water partition coefficient (Wildman–Crippen LogP) is 4.77. The molecule has 1 aliphatic rings. The van der Waals surface area contributed by atoms with Crippen LogP contribution in [0.3, 0.4) is 0 Å². The molecular formula is C24H16FN5. The van der Waals surface area contributed by atoms with Crippen LogP contribution < -0.4 is 0 Å². The first-order chi connectivity index (χ1) is 14.7. The molecule has 5 nitrogen and oxygen atoms in total. The topological polar surface area (TPSA) is 56.0 Å². The number of aryl methyl sites for hydroxylation is 1. The number of rotatable bonds is 2. The van der Waals surface area contributed by atoms with E-state index < -0.39 is 0 Å². The number of aromatic nitrogens is 5. The molecule has 5 aromatic rings. The van der Waals surface area contributed by atoms with E-state index >= 15 is 0 Å². The van der Waals surface area contributed by atoms with Crippen molar-refractivity contribution in [3.8, 4) is 11.4 Å². The van der Waals surface area contributed by atoms with Crippen molar-refractivity contribution >= 4 is 22.1 Å². The standard InChI is InChI=1S/C24H16FN5/c1-14-12-30-13-17(10-20(25)24(30)28-14)18-5-7-22-19(18)11-27-23(29-22)16-4-6-21-15(9-16)3-2-8-26-21/h2-6,8-13H,7H2,1H3. The first-order valence-corrected chi connectivity index (χ1v) is 9.72. The van der Waals surface area contributed by atoms with Crippen molar-refractivity contribution in [3.63, 3.8) is 0 Å². The zero-order valence-corrected chi connectivity index (χ0v) is 16.2. The summed E-state index contributed by atoms with van der Waals surface area (Å²) in [5.74, 6) is 0.346. The summed E-state index contributed by atoms with van der Waals surface area (Å²) < 4.78 is 16.3. The minimum absolute atomic E-state index is 0.336. The third-order valence-corrected chi connectivity index (χ3v) is 5.46. The number of halogens is 1. The molecule has 0 amide bonds. The molecule has 0 radical (unpaired) electrons. The second kappa shape index (κ2) is 6.29. The van der Waals surface area contributed by atoms with Gasteiger partial charge >= 0.3 is 0 Å². The Kier molecular flexibility index (Phi) is 3.56. The van der Waals surface area contributed by atoms with Gasteiger partial charge in [-0.1, -0.05) is 12.1 Å². The van der Waals surface area contributed by atoms with Gasteiger partial charge in [-0.25, -0.2) is 19.3 Å². The summed E-state index contributed by atoms with van der Waals surface area (Å²) in [5.41, 5.74) is 6.65. The highest BCUT2D eigenvalue weighted by atomic mass is 19.1. The smallest absolute Gasteiger partial charge is 0.173 e. The van der Waals surface area contributed by atoms with Crippen LogP contribution in [0.2, 0.25) is 0 Å². The molecule has 0 bridgehead atoms. The van der Waals surface area contributed by atoms with E-state index in [1.807, 2.05) is 49.8 Å². The molecule has 6 heteroatoms. The van der Waals surface area contributed by atoms with E-state index in [0.29, 0.717) is 17.9 Å². The average Bonchev–Trinajstić information content (AvgIpc) is 3.36. The Morgan fingerprint density at radius 2 is 1.93 bits per heavy atom. The average molecular weight is 393 g/mol. The van der Waals surface area contributed by atoms with Crippen molar-refractivity contribution in [2.24, 2.45) is 0 Å². The van der Waals surface area contributed by atoms with Gasteiger partial charge in [0, 0.05) is 53.3 Å². The summed E-state index contributed by atoms with van der Waals surface area (Å²) in [6, 6.07) is 11.5. The van der Waals surface area contributed by atoms with Gasteiger partial charge < -0.3 is 4.40 Å². The quantitative estimate of drug-likeness (QED) is 0.433. The first kappa shape index (κ1) is 17.0. The Hall–Kier alpha value is -3.93. The van der Waals surface area contributed by atoms with Crippen LogP contribution in [0.25, 0.3) is 33.5 Å². The number of hydrogen-bond donors (Lipinski definition) is 0. The van der Waals surface area contributed by atoms with Crippen LogP contribution in [0, 0.1) is 12.7 Å². The van der Waals surface area contributed by atoms with E-state index in [-0.39, 0.29) is 5.82 Å². The van der Waals surface area contributed by atoms with Crippen LogP contribution >= 0.6 is 0 Å². The van der Waals surface area contributed by atoms with Gasteiger partial charge in [0.1, 0.15) is 0 Å². The van der Waals surface area contributed by atoms with E-state index in [9.17, 15) is 4.39 Å². The van der Waals surface area contributed by atoms with Crippen molar-refractivity contribution < 1.29 is 4.39 Å². The fourth-order valence-electron chi connectivity index (χ4n) is 4.06. The summed E-state index contributed by atoms with van der Waals surface area (Å²) in [4.78, 5) is 18.0. The Balaban J connectivity index is 1.40. The Bertz CT molecular complexity index is 1500. The normalized spacial score (nSPS) is 13.1. The summed E-state index contributed by atoms with van der Waals surface area (Å²) in [6.45, 7) is 1.86. The summed E-state index contributed by atoms with van der Waals surface area (Å²) >= 11 is 0. The zero-order chi connectivity index (χ0) is 20.2. The molecule has 0 saturated carbocycles. The van der Waals surface area contributed by atoms with E-state index in [1.54, 1.807) is 10.6 Å². The minimum Gasteiger partial charge on any atom is -0.304 e. The molecule has 1 aliphatic carbocycles. The first-order valence-electron chi connectivity index (χ1n) is 9.72. The third kappa shape index (κ3) is 2.61. The molecule has 0 unspecified atom stereocenters.